The van der Waals surface area contributed by atoms with Gasteiger partial charge < -0.3 is 5.32 Å². The second-order valence-corrected chi connectivity index (χ2v) is 5.58. The fraction of sp³-hybridized carbons (Fsp3) is 0.0588. The number of carbonyl (C=O) groups is 1. The maximum Gasteiger partial charge on any atom is 0.245 e. The highest BCUT2D eigenvalue weighted by atomic mass is 35.5. The normalized spacial score (nSPS) is 12.0. The minimum absolute atomic E-state index is 0.124. The summed E-state index contributed by atoms with van der Waals surface area (Å²) in [6.45, 7) is 0. The highest BCUT2D eigenvalue weighted by Gasteiger charge is 2.17. The molecular formula is C17H10Cl2F2N2O. The maximum absolute atomic E-state index is 13.7. The molecule has 3 nitrogen and oxygen atoms in total. The summed E-state index contributed by atoms with van der Waals surface area (Å²) >= 11 is 11.8. The van der Waals surface area contributed by atoms with Gasteiger partial charge in [-0.25, -0.2) is 8.78 Å². The number of hydrogen-bond acceptors (Lipinski definition) is 2. The molecule has 2 aromatic rings. The highest BCUT2D eigenvalue weighted by Crippen LogP contribution is 2.22. The first kappa shape index (κ1) is 17.9. The van der Waals surface area contributed by atoms with E-state index in [1.165, 1.54) is 6.08 Å². The van der Waals surface area contributed by atoms with Crippen molar-refractivity contribution in [3.05, 3.63) is 75.3 Å². The molecule has 1 amide bonds. The van der Waals surface area contributed by atoms with Gasteiger partial charge in [0, 0.05) is 27.8 Å². The van der Waals surface area contributed by atoms with Gasteiger partial charge in [-0.3, -0.25) is 4.79 Å². The minimum atomic E-state index is -1.25. The first-order valence-electron chi connectivity index (χ1n) is 6.69. The monoisotopic (exact) mass is 366 g/mol. The Morgan fingerprint density at radius 2 is 1.96 bits per heavy atom. The Kier molecular flexibility index (Phi) is 5.91. The van der Waals surface area contributed by atoms with Gasteiger partial charge in [0.05, 0.1) is 6.07 Å². The number of benzene rings is 2. The zero-order valence-corrected chi connectivity index (χ0v) is 13.6. The molecule has 0 heterocycles. The molecule has 0 radical (unpaired) electrons. The molecule has 0 aliphatic carbocycles. The van der Waals surface area contributed by atoms with Crippen molar-refractivity contribution in [2.24, 2.45) is 0 Å². The molecule has 24 heavy (non-hydrogen) atoms. The average molecular weight is 367 g/mol. The Bertz CT molecular complexity index is 847. The van der Waals surface area contributed by atoms with Crippen LogP contribution in [-0.4, -0.2) is 5.91 Å². The van der Waals surface area contributed by atoms with Crippen molar-refractivity contribution in [2.75, 3.05) is 0 Å². The first-order chi connectivity index (χ1) is 11.4. The first-order valence-corrected chi connectivity index (χ1v) is 7.44. The number of halogens is 4. The summed E-state index contributed by atoms with van der Waals surface area (Å²) in [6, 6.07) is 8.01. The van der Waals surface area contributed by atoms with E-state index in [-0.39, 0.29) is 5.56 Å². The maximum atomic E-state index is 13.7. The Morgan fingerprint density at radius 1 is 1.21 bits per heavy atom. The molecule has 0 saturated heterocycles. The number of nitrogens with zero attached hydrogens (tertiary/aromatic N) is 1. The molecule has 1 unspecified atom stereocenters. The van der Waals surface area contributed by atoms with Crippen molar-refractivity contribution in [3.8, 4) is 6.07 Å². The average Bonchev–Trinajstić information content (AvgIpc) is 2.54. The van der Waals surface area contributed by atoms with Crippen LogP contribution in [0.4, 0.5) is 8.78 Å². The number of carbonyl (C=O) groups excluding carboxylic acids is 1. The van der Waals surface area contributed by atoms with Crippen LogP contribution in [0.2, 0.25) is 10.0 Å². The summed E-state index contributed by atoms with van der Waals surface area (Å²) in [5, 5.41) is 12.3. The molecule has 1 N–H and O–H groups in total. The van der Waals surface area contributed by atoms with Crippen LogP contribution in [0.3, 0.4) is 0 Å². The molecule has 2 rings (SSSR count). The molecular weight excluding hydrogens is 357 g/mol. The Hall–Kier alpha value is -2.42. The smallest absolute Gasteiger partial charge is 0.245 e. The second kappa shape index (κ2) is 7.91. The largest absolute Gasteiger partial charge is 0.333 e. The van der Waals surface area contributed by atoms with E-state index >= 15 is 0 Å². The van der Waals surface area contributed by atoms with Gasteiger partial charge >= 0.3 is 0 Å². The van der Waals surface area contributed by atoms with Gasteiger partial charge in [-0.2, -0.15) is 5.26 Å². The van der Waals surface area contributed by atoms with Gasteiger partial charge in [0.15, 0.2) is 0 Å². The number of amides is 1. The Morgan fingerprint density at radius 3 is 2.62 bits per heavy atom. The van der Waals surface area contributed by atoms with E-state index in [1.807, 2.05) is 0 Å². The molecule has 122 valence electrons. The van der Waals surface area contributed by atoms with Gasteiger partial charge in [0.25, 0.3) is 0 Å². The quantitative estimate of drug-likeness (QED) is 0.799. The van der Waals surface area contributed by atoms with Gasteiger partial charge in [-0.05, 0) is 35.9 Å². The zero-order chi connectivity index (χ0) is 17.7. The fourth-order valence-electron chi connectivity index (χ4n) is 1.91. The fourth-order valence-corrected chi connectivity index (χ4v) is 2.27. The van der Waals surface area contributed by atoms with E-state index in [2.05, 4.69) is 5.32 Å². The van der Waals surface area contributed by atoms with Crippen LogP contribution in [0.1, 0.15) is 17.2 Å². The third kappa shape index (κ3) is 4.54. The van der Waals surface area contributed by atoms with E-state index in [0.717, 1.165) is 18.2 Å². The molecule has 7 heteroatoms. The lowest BCUT2D eigenvalue weighted by Crippen LogP contribution is -2.26. The third-order valence-corrected chi connectivity index (χ3v) is 3.64. The van der Waals surface area contributed by atoms with Crippen LogP contribution < -0.4 is 5.32 Å². The molecule has 0 bridgehead atoms. The number of rotatable bonds is 4. The molecule has 0 spiro atoms. The van der Waals surface area contributed by atoms with E-state index < -0.39 is 23.6 Å². The molecule has 0 fully saturated rings. The Labute approximate surface area is 147 Å². The van der Waals surface area contributed by atoms with Gasteiger partial charge in [0.2, 0.25) is 5.91 Å². The van der Waals surface area contributed by atoms with Crippen molar-refractivity contribution < 1.29 is 13.6 Å². The summed E-state index contributed by atoms with van der Waals surface area (Å²) in [5.74, 6) is -2.32. The van der Waals surface area contributed by atoms with Crippen LogP contribution in [0.5, 0.6) is 0 Å². The number of nitrogens with one attached hydrogen (secondary N) is 1. The van der Waals surface area contributed by atoms with Crippen LogP contribution in [0.25, 0.3) is 6.08 Å². The van der Waals surface area contributed by atoms with Crippen molar-refractivity contribution in [2.45, 2.75) is 6.04 Å². The predicted octanol–water partition coefficient (Wildman–Crippen LogP) is 4.67. The number of nitriles is 1. The highest BCUT2D eigenvalue weighted by molar-refractivity contribution is 6.34. The molecule has 0 aliphatic rings. The number of hydrogen-bond donors (Lipinski definition) is 1. The SMILES string of the molecule is N#CC(NC(=O)/C=C/c1cc(Cl)ccc1Cl)c1ccc(F)cc1F. The molecule has 0 aliphatic heterocycles. The van der Waals surface area contributed by atoms with Crippen LogP contribution in [0.15, 0.2) is 42.5 Å². The van der Waals surface area contributed by atoms with Crippen molar-refractivity contribution in [1.82, 2.24) is 5.32 Å². The molecule has 0 saturated carbocycles. The van der Waals surface area contributed by atoms with E-state index in [0.29, 0.717) is 21.7 Å². The van der Waals surface area contributed by atoms with Gasteiger partial charge in [0.1, 0.15) is 17.7 Å². The van der Waals surface area contributed by atoms with Crippen LogP contribution in [-0.2, 0) is 4.79 Å². The van der Waals surface area contributed by atoms with Crippen LogP contribution >= 0.6 is 23.2 Å². The summed E-state index contributed by atoms with van der Waals surface area (Å²) < 4.78 is 26.6. The molecule has 0 aromatic heterocycles. The molecule has 1 atom stereocenters. The summed E-state index contributed by atoms with van der Waals surface area (Å²) in [4.78, 5) is 11.9. The third-order valence-electron chi connectivity index (χ3n) is 3.06. The minimum Gasteiger partial charge on any atom is -0.333 e. The lowest BCUT2D eigenvalue weighted by Gasteiger charge is -2.11. The van der Waals surface area contributed by atoms with Gasteiger partial charge in [-0.15, -0.1) is 0 Å². The summed E-state index contributed by atoms with van der Waals surface area (Å²) in [7, 11) is 0. The summed E-state index contributed by atoms with van der Waals surface area (Å²) in [5.41, 5.74) is 0.391. The van der Waals surface area contributed by atoms with E-state index in [9.17, 15) is 13.6 Å². The second-order valence-electron chi connectivity index (χ2n) is 4.74. The van der Waals surface area contributed by atoms with Crippen molar-refractivity contribution >= 4 is 35.2 Å². The summed E-state index contributed by atoms with van der Waals surface area (Å²) in [6.07, 6.45) is 2.56. The molecule has 2 aromatic carbocycles. The Balaban J connectivity index is 2.14. The van der Waals surface area contributed by atoms with Gasteiger partial charge in [-0.1, -0.05) is 29.3 Å². The van der Waals surface area contributed by atoms with E-state index in [4.69, 9.17) is 28.5 Å². The lowest BCUT2D eigenvalue weighted by molar-refractivity contribution is -0.116. The topological polar surface area (TPSA) is 52.9 Å². The predicted molar refractivity (Wildman–Crippen MR) is 88.4 cm³/mol. The van der Waals surface area contributed by atoms with Crippen LogP contribution in [0, 0.1) is 23.0 Å². The zero-order valence-electron chi connectivity index (χ0n) is 12.1. The van der Waals surface area contributed by atoms with Crippen molar-refractivity contribution in [1.29, 1.82) is 5.26 Å². The lowest BCUT2D eigenvalue weighted by atomic mass is 10.1. The standard InChI is InChI=1S/C17H10Cl2F2N2O/c18-11-2-5-14(19)10(7-11)1-6-17(24)23-16(9-22)13-4-3-12(20)8-15(13)21/h1-8,16H,(H,23,24)/b6-1+. The van der Waals surface area contributed by atoms with Crippen molar-refractivity contribution in [3.63, 3.8) is 0 Å². The van der Waals surface area contributed by atoms with E-state index in [1.54, 1.807) is 24.3 Å².